The Morgan fingerprint density at radius 2 is 2.03 bits per heavy atom. The van der Waals surface area contributed by atoms with Gasteiger partial charge in [-0.2, -0.15) is 0 Å². The quantitative estimate of drug-likeness (QED) is 0.354. The third-order valence-corrected chi connectivity index (χ3v) is 6.23. The molecule has 3 aromatic rings. The molecule has 1 N–H and O–H groups in total. The first-order valence-corrected chi connectivity index (χ1v) is 11.1. The van der Waals surface area contributed by atoms with E-state index in [2.05, 4.69) is 4.98 Å². The van der Waals surface area contributed by atoms with Gasteiger partial charge in [0, 0.05) is 30.1 Å². The molecule has 0 saturated carbocycles. The lowest BCUT2D eigenvalue weighted by molar-refractivity contribution is -0.140. The smallest absolute Gasteiger partial charge is 0.295 e. The molecule has 0 aliphatic carbocycles. The van der Waals surface area contributed by atoms with Gasteiger partial charge >= 0.3 is 0 Å². The molecule has 34 heavy (non-hydrogen) atoms. The Morgan fingerprint density at radius 3 is 2.82 bits per heavy atom. The van der Waals surface area contributed by atoms with Crippen LogP contribution in [0.4, 0.5) is 0 Å². The van der Waals surface area contributed by atoms with E-state index in [9.17, 15) is 14.7 Å². The van der Waals surface area contributed by atoms with Crippen molar-refractivity contribution in [1.82, 2.24) is 9.88 Å². The highest BCUT2D eigenvalue weighted by atomic mass is 16.5. The maximum atomic E-state index is 13.3. The molecule has 0 spiro atoms. The summed E-state index contributed by atoms with van der Waals surface area (Å²) < 4.78 is 11.2. The van der Waals surface area contributed by atoms with E-state index in [0.29, 0.717) is 23.5 Å². The van der Waals surface area contributed by atoms with Crippen LogP contribution in [0.5, 0.6) is 11.5 Å². The molecular weight excluding hydrogens is 432 g/mol. The Bertz CT molecular complexity index is 1290. The van der Waals surface area contributed by atoms with Gasteiger partial charge in [0.1, 0.15) is 17.3 Å². The number of aryl methyl sites for hydroxylation is 1. The number of hydrogen-bond donors (Lipinski definition) is 1. The number of likely N-dealkylation sites (tertiary alicyclic amines) is 1. The number of benzene rings is 2. The van der Waals surface area contributed by atoms with Crippen LogP contribution in [0.3, 0.4) is 0 Å². The van der Waals surface area contributed by atoms with E-state index in [1.807, 2.05) is 24.3 Å². The molecule has 2 aromatic carbocycles. The number of carbonyl (C=O) groups excluding carboxylic acids is 2. The summed E-state index contributed by atoms with van der Waals surface area (Å²) in [6, 6.07) is 15.4. The van der Waals surface area contributed by atoms with Crippen LogP contribution < -0.4 is 9.47 Å². The second-order valence-electron chi connectivity index (χ2n) is 8.30. The first kappa shape index (κ1) is 21.7. The van der Waals surface area contributed by atoms with E-state index in [1.54, 1.807) is 42.7 Å². The van der Waals surface area contributed by atoms with Gasteiger partial charge in [-0.3, -0.25) is 14.6 Å². The molecule has 1 fully saturated rings. The predicted octanol–water partition coefficient (Wildman–Crippen LogP) is 4.04. The molecule has 5 rings (SSSR count). The number of pyridine rings is 1. The normalized spacial score (nSPS) is 19.0. The standard InChI is InChI=1S/C27H24N2O5/c1-33-22-9-3-2-8-20(22)24-23(25(30)19-10-11-21-18(14-19)7-5-13-34-21)26(31)27(32)29(24)16-17-6-4-12-28-15-17/h2-4,6,8-12,14-15,24,30H,5,7,13,16H2,1H3/b25-23+. The predicted molar refractivity (Wildman–Crippen MR) is 125 cm³/mol. The molecule has 3 heterocycles. The number of aliphatic hydroxyl groups is 1. The summed E-state index contributed by atoms with van der Waals surface area (Å²) in [6.45, 7) is 0.821. The van der Waals surface area contributed by atoms with Crippen molar-refractivity contribution < 1.29 is 24.2 Å². The Hall–Kier alpha value is -4.13. The monoisotopic (exact) mass is 456 g/mol. The van der Waals surface area contributed by atoms with Crippen molar-refractivity contribution in [2.24, 2.45) is 0 Å². The number of nitrogens with zero attached hydrogens (tertiary/aromatic N) is 2. The number of aromatic nitrogens is 1. The van der Waals surface area contributed by atoms with Crippen molar-refractivity contribution in [3.63, 3.8) is 0 Å². The lowest BCUT2D eigenvalue weighted by atomic mass is 9.93. The maximum absolute atomic E-state index is 13.3. The van der Waals surface area contributed by atoms with Crippen LogP contribution in [0.25, 0.3) is 5.76 Å². The Kier molecular flexibility index (Phi) is 5.76. The zero-order chi connectivity index (χ0) is 23.7. The molecule has 1 saturated heterocycles. The van der Waals surface area contributed by atoms with E-state index in [-0.39, 0.29) is 17.9 Å². The highest BCUT2D eigenvalue weighted by Crippen LogP contribution is 2.43. The van der Waals surface area contributed by atoms with Crippen molar-refractivity contribution in [3.8, 4) is 11.5 Å². The van der Waals surface area contributed by atoms with Crippen molar-refractivity contribution in [1.29, 1.82) is 0 Å². The van der Waals surface area contributed by atoms with Crippen molar-refractivity contribution in [2.75, 3.05) is 13.7 Å². The summed E-state index contributed by atoms with van der Waals surface area (Å²) >= 11 is 0. The van der Waals surface area contributed by atoms with Gasteiger partial charge in [-0.25, -0.2) is 0 Å². The van der Waals surface area contributed by atoms with Crippen LogP contribution >= 0.6 is 0 Å². The molecule has 1 amide bonds. The van der Waals surface area contributed by atoms with E-state index in [4.69, 9.17) is 9.47 Å². The number of hydrogen-bond acceptors (Lipinski definition) is 6. The minimum Gasteiger partial charge on any atom is -0.507 e. The molecule has 0 bridgehead atoms. The Morgan fingerprint density at radius 1 is 1.18 bits per heavy atom. The molecule has 7 nitrogen and oxygen atoms in total. The van der Waals surface area contributed by atoms with Crippen molar-refractivity contribution in [3.05, 3.63) is 94.8 Å². The third-order valence-electron chi connectivity index (χ3n) is 6.23. The fraction of sp³-hybridized carbons (Fsp3) is 0.222. The van der Waals surface area contributed by atoms with Gasteiger partial charge in [0.25, 0.3) is 11.7 Å². The second-order valence-corrected chi connectivity index (χ2v) is 8.30. The molecule has 7 heteroatoms. The zero-order valence-electron chi connectivity index (χ0n) is 18.7. The average molecular weight is 456 g/mol. The van der Waals surface area contributed by atoms with Crippen LogP contribution in [0.2, 0.25) is 0 Å². The van der Waals surface area contributed by atoms with Crippen molar-refractivity contribution in [2.45, 2.75) is 25.4 Å². The van der Waals surface area contributed by atoms with Gasteiger partial charge in [-0.1, -0.05) is 24.3 Å². The lowest BCUT2D eigenvalue weighted by Gasteiger charge is -2.26. The lowest BCUT2D eigenvalue weighted by Crippen LogP contribution is -2.29. The minimum absolute atomic E-state index is 0.0371. The summed E-state index contributed by atoms with van der Waals surface area (Å²) in [5.74, 6) is -0.318. The highest BCUT2D eigenvalue weighted by Gasteiger charge is 2.47. The van der Waals surface area contributed by atoms with Gasteiger partial charge in [-0.05, 0) is 54.3 Å². The van der Waals surface area contributed by atoms with Gasteiger partial charge in [0.2, 0.25) is 0 Å². The third kappa shape index (κ3) is 3.79. The van der Waals surface area contributed by atoms with Crippen LogP contribution in [-0.4, -0.2) is 40.4 Å². The Labute approximate surface area is 197 Å². The van der Waals surface area contributed by atoms with E-state index >= 15 is 0 Å². The van der Waals surface area contributed by atoms with Gasteiger partial charge in [0.15, 0.2) is 0 Å². The van der Waals surface area contributed by atoms with Crippen LogP contribution in [0.15, 0.2) is 72.6 Å². The zero-order valence-corrected chi connectivity index (χ0v) is 18.7. The van der Waals surface area contributed by atoms with Crippen LogP contribution in [-0.2, 0) is 22.6 Å². The number of carbonyl (C=O) groups is 2. The van der Waals surface area contributed by atoms with Crippen LogP contribution in [0, 0.1) is 0 Å². The molecule has 1 aromatic heterocycles. The second kappa shape index (κ2) is 9.02. The topological polar surface area (TPSA) is 89.0 Å². The molecule has 1 unspecified atom stereocenters. The van der Waals surface area contributed by atoms with Gasteiger partial charge in [0.05, 0.1) is 25.3 Å². The minimum atomic E-state index is -0.816. The molecule has 2 aliphatic rings. The average Bonchev–Trinajstić information content (AvgIpc) is 3.13. The Balaban J connectivity index is 1.66. The number of aliphatic hydroxyl groups excluding tert-OH is 1. The number of rotatable bonds is 5. The van der Waals surface area contributed by atoms with Crippen molar-refractivity contribution >= 4 is 17.4 Å². The number of Topliss-reactive ketones (excluding diaryl/α,β-unsaturated/α-hetero) is 1. The van der Waals surface area contributed by atoms with Gasteiger partial charge < -0.3 is 19.5 Å². The number of para-hydroxylation sites is 1. The summed E-state index contributed by atoms with van der Waals surface area (Å²) in [7, 11) is 1.54. The molecular formula is C27H24N2O5. The number of ether oxygens (including phenoxy) is 2. The SMILES string of the molecule is COc1ccccc1C1/C(=C(\O)c2ccc3c(c2)CCCO3)C(=O)C(=O)N1Cc1cccnc1. The van der Waals surface area contributed by atoms with E-state index < -0.39 is 17.7 Å². The maximum Gasteiger partial charge on any atom is 0.295 e. The summed E-state index contributed by atoms with van der Waals surface area (Å²) in [4.78, 5) is 32.1. The number of fused-ring (bicyclic) bond motifs is 1. The molecule has 0 radical (unpaired) electrons. The summed E-state index contributed by atoms with van der Waals surface area (Å²) in [6.07, 6.45) is 5.01. The highest BCUT2D eigenvalue weighted by molar-refractivity contribution is 6.46. The van der Waals surface area contributed by atoms with Crippen LogP contribution in [0.1, 0.15) is 34.7 Å². The fourth-order valence-electron chi connectivity index (χ4n) is 4.61. The summed E-state index contributed by atoms with van der Waals surface area (Å²) in [5, 5.41) is 11.4. The number of amides is 1. The fourth-order valence-corrected chi connectivity index (χ4v) is 4.61. The first-order valence-electron chi connectivity index (χ1n) is 11.1. The molecule has 172 valence electrons. The van der Waals surface area contributed by atoms with Gasteiger partial charge in [-0.15, -0.1) is 0 Å². The number of ketones is 1. The molecule has 2 aliphatic heterocycles. The van der Waals surface area contributed by atoms with E-state index in [1.165, 1.54) is 12.0 Å². The largest absolute Gasteiger partial charge is 0.507 e. The first-order chi connectivity index (χ1) is 16.6. The summed E-state index contributed by atoms with van der Waals surface area (Å²) in [5.41, 5.74) is 2.87. The molecule has 1 atom stereocenters. The van der Waals surface area contributed by atoms with E-state index in [0.717, 1.165) is 29.7 Å². The number of methoxy groups -OCH3 is 1.